The second-order valence-electron chi connectivity index (χ2n) is 4.00. The molecule has 20 heavy (non-hydrogen) atoms. The summed E-state index contributed by atoms with van der Waals surface area (Å²) in [5.74, 6) is 0.0772. The Morgan fingerprint density at radius 3 is 1.90 bits per heavy atom. The molecule has 0 unspecified atom stereocenters. The lowest BCUT2D eigenvalue weighted by molar-refractivity contribution is -0.117. The number of alkyl carbamates (subject to hydrolysis) is 2. The van der Waals surface area contributed by atoms with E-state index < -0.39 is 18.3 Å². The van der Waals surface area contributed by atoms with Gasteiger partial charge < -0.3 is 29.6 Å². The van der Waals surface area contributed by atoms with E-state index in [0.29, 0.717) is 19.4 Å². The smallest absolute Gasteiger partial charge is 0.406 e. The number of nitrogens with one attached hydrogen (secondary N) is 2. The standard InChI is InChI=1S/C12H22N2O6/c1-9(15)5-4-6-18-10(7-19-11(16)13-2)8-20-12(17)14-3/h10H,4-8H2,1-3H3,(H,13,16)(H,14,17). The quantitative estimate of drug-likeness (QED) is 0.598. The van der Waals surface area contributed by atoms with Crippen molar-refractivity contribution in [1.29, 1.82) is 0 Å². The van der Waals surface area contributed by atoms with Crippen LogP contribution in [0.25, 0.3) is 0 Å². The highest BCUT2D eigenvalue weighted by Crippen LogP contribution is 2.00. The van der Waals surface area contributed by atoms with Gasteiger partial charge >= 0.3 is 12.2 Å². The van der Waals surface area contributed by atoms with Crippen LogP contribution in [0.5, 0.6) is 0 Å². The number of Topliss-reactive ketones (excluding diaryl/α,β-unsaturated/α-hetero) is 1. The molecule has 0 saturated heterocycles. The van der Waals surface area contributed by atoms with E-state index in [1.54, 1.807) is 0 Å². The van der Waals surface area contributed by atoms with Crippen LogP contribution >= 0.6 is 0 Å². The zero-order valence-electron chi connectivity index (χ0n) is 12.1. The van der Waals surface area contributed by atoms with E-state index in [0.717, 1.165) is 0 Å². The number of ketones is 1. The van der Waals surface area contributed by atoms with Gasteiger partial charge in [-0.1, -0.05) is 0 Å². The van der Waals surface area contributed by atoms with Gasteiger partial charge in [0.2, 0.25) is 0 Å². The summed E-state index contributed by atoms with van der Waals surface area (Å²) in [6.07, 6.45) is -0.786. The Bertz CT molecular complexity index is 301. The minimum atomic E-state index is -0.595. The second kappa shape index (κ2) is 11.0. The molecule has 8 nitrogen and oxygen atoms in total. The molecule has 8 heteroatoms. The molecule has 2 amide bonds. The van der Waals surface area contributed by atoms with E-state index in [1.807, 2.05) is 0 Å². The van der Waals surface area contributed by atoms with E-state index in [-0.39, 0.29) is 19.0 Å². The number of hydrogen-bond acceptors (Lipinski definition) is 6. The van der Waals surface area contributed by atoms with E-state index in [9.17, 15) is 14.4 Å². The summed E-state index contributed by atoms with van der Waals surface area (Å²) in [6.45, 7) is 1.73. The lowest BCUT2D eigenvalue weighted by Crippen LogP contribution is -2.33. The highest BCUT2D eigenvalue weighted by atomic mass is 16.6. The van der Waals surface area contributed by atoms with Crippen LogP contribution in [-0.4, -0.2) is 58.0 Å². The van der Waals surface area contributed by atoms with Crippen molar-refractivity contribution < 1.29 is 28.6 Å². The third-order valence-electron chi connectivity index (χ3n) is 2.24. The Morgan fingerprint density at radius 1 is 1.00 bits per heavy atom. The van der Waals surface area contributed by atoms with Crippen LogP contribution in [0.2, 0.25) is 0 Å². The molecular weight excluding hydrogens is 268 g/mol. The molecule has 116 valence electrons. The molecule has 0 aliphatic rings. The zero-order chi connectivity index (χ0) is 15.4. The number of rotatable bonds is 9. The monoisotopic (exact) mass is 290 g/mol. The van der Waals surface area contributed by atoms with Crippen LogP contribution in [0.15, 0.2) is 0 Å². The molecule has 0 saturated carbocycles. The SMILES string of the molecule is CNC(=O)OCC(COC(=O)NC)OCCCC(C)=O. The summed E-state index contributed by atoms with van der Waals surface area (Å²) in [4.78, 5) is 32.7. The summed E-state index contributed by atoms with van der Waals surface area (Å²) in [5, 5.41) is 4.59. The van der Waals surface area contributed by atoms with Gasteiger partial charge in [-0.15, -0.1) is 0 Å². The van der Waals surface area contributed by atoms with E-state index in [4.69, 9.17) is 14.2 Å². The molecule has 0 heterocycles. The van der Waals surface area contributed by atoms with E-state index in [1.165, 1.54) is 21.0 Å². The second-order valence-corrected chi connectivity index (χ2v) is 4.00. The molecule has 0 radical (unpaired) electrons. The van der Waals surface area contributed by atoms with Gasteiger partial charge in [0.1, 0.15) is 25.1 Å². The van der Waals surface area contributed by atoms with Gasteiger partial charge in [-0.3, -0.25) is 0 Å². The lowest BCUT2D eigenvalue weighted by atomic mass is 10.2. The van der Waals surface area contributed by atoms with Gasteiger partial charge in [-0.05, 0) is 13.3 Å². The first-order valence-corrected chi connectivity index (χ1v) is 6.29. The van der Waals surface area contributed by atoms with Crippen molar-refractivity contribution in [2.24, 2.45) is 0 Å². The van der Waals surface area contributed by atoms with Crippen LogP contribution in [-0.2, 0) is 19.0 Å². The normalized spacial score (nSPS) is 10.0. The molecule has 0 aliphatic heterocycles. The molecule has 0 aromatic heterocycles. The summed E-state index contributed by atoms with van der Waals surface area (Å²) in [5.41, 5.74) is 0. The van der Waals surface area contributed by atoms with Gasteiger partial charge in [0.15, 0.2) is 0 Å². The molecule has 0 aromatic rings. The maximum Gasteiger partial charge on any atom is 0.406 e. The van der Waals surface area contributed by atoms with E-state index in [2.05, 4.69) is 10.6 Å². The van der Waals surface area contributed by atoms with Gasteiger partial charge in [-0.25, -0.2) is 9.59 Å². The molecular formula is C12H22N2O6. The molecule has 0 aliphatic carbocycles. The molecule has 0 bridgehead atoms. The largest absolute Gasteiger partial charge is 0.447 e. The first kappa shape index (κ1) is 18.2. The number of carbonyl (C=O) groups is 3. The average molecular weight is 290 g/mol. The summed E-state index contributed by atoms with van der Waals surface area (Å²) < 4.78 is 15.1. The predicted octanol–water partition coefficient (Wildman–Crippen LogP) is 0.453. The predicted molar refractivity (Wildman–Crippen MR) is 70.5 cm³/mol. The fourth-order valence-electron chi connectivity index (χ4n) is 1.20. The van der Waals surface area contributed by atoms with E-state index >= 15 is 0 Å². The van der Waals surface area contributed by atoms with Crippen molar-refractivity contribution >= 4 is 18.0 Å². The minimum Gasteiger partial charge on any atom is -0.447 e. The van der Waals surface area contributed by atoms with Crippen molar-refractivity contribution in [3.63, 3.8) is 0 Å². The number of amides is 2. The fraction of sp³-hybridized carbons (Fsp3) is 0.750. The lowest BCUT2D eigenvalue weighted by Gasteiger charge is -2.17. The van der Waals surface area contributed by atoms with Gasteiger partial charge in [0.05, 0.1) is 0 Å². The van der Waals surface area contributed by atoms with Gasteiger partial charge in [-0.2, -0.15) is 0 Å². The Morgan fingerprint density at radius 2 is 1.50 bits per heavy atom. The average Bonchev–Trinajstić information content (AvgIpc) is 2.44. The molecule has 0 rings (SSSR count). The molecule has 2 N–H and O–H groups in total. The topological polar surface area (TPSA) is 103 Å². The first-order chi connectivity index (χ1) is 9.49. The fourth-order valence-corrected chi connectivity index (χ4v) is 1.20. The van der Waals surface area contributed by atoms with Crippen molar-refractivity contribution in [1.82, 2.24) is 10.6 Å². The minimum absolute atomic E-state index is 0.0449. The van der Waals surface area contributed by atoms with Crippen LogP contribution < -0.4 is 10.6 Å². The van der Waals surface area contributed by atoms with Crippen molar-refractivity contribution in [2.45, 2.75) is 25.9 Å². The van der Waals surface area contributed by atoms with Crippen LogP contribution in [0.3, 0.4) is 0 Å². The van der Waals surface area contributed by atoms with Crippen LogP contribution in [0.1, 0.15) is 19.8 Å². The summed E-state index contributed by atoms with van der Waals surface area (Å²) in [7, 11) is 2.87. The first-order valence-electron chi connectivity index (χ1n) is 6.29. The van der Waals surface area contributed by atoms with Crippen molar-refractivity contribution in [3.05, 3.63) is 0 Å². The molecule has 0 atom stereocenters. The third kappa shape index (κ3) is 10.1. The number of hydrogen-bond donors (Lipinski definition) is 2. The summed E-state index contributed by atoms with van der Waals surface area (Å²) >= 11 is 0. The number of ether oxygens (including phenoxy) is 3. The van der Waals surface area contributed by atoms with Crippen molar-refractivity contribution in [3.8, 4) is 0 Å². The zero-order valence-corrected chi connectivity index (χ0v) is 12.1. The van der Waals surface area contributed by atoms with Crippen LogP contribution in [0.4, 0.5) is 9.59 Å². The summed E-state index contributed by atoms with van der Waals surface area (Å²) in [6, 6.07) is 0. The third-order valence-corrected chi connectivity index (χ3v) is 2.24. The molecule has 0 fully saturated rings. The molecule has 0 aromatic carbocycles. The highest BCUT2D eigenvalue weighted by molar-refractivity contribution is 5.75. The Labute approximate surface area is 118 Å². The van der Waals surface area contributed by atoms with Gasteiger partial charge in [0, 0.05) is 27.1 Å². The highest BCUT2D eigenvalue weighted by Gasteiger charge is 2.14. The van der Waals surface area contributed by atoms with Gasteiger partial charge in [0.25, 0.3) is 0 Å². The Kier molecular flexibility index (Phi) is 10.0. The number of carbonyl (C=O) groups excluding carboxylic acids is 3. The van der Waals surface area contributed by atoms with Crippen LogP contribution in [0, 0.1) is 0 Å². The maximum atomic E-state index is 11.0. The Hall–Kier alpha value is -1.83. The van der Waals surface area contributed by atoms with Crippen molar-refractivity contribution in [2.75, 3.05) is 33.9 Å². The molecule has 0 spiro atoms. The Balaban J connectivity index is 4.06. The maximum absolute atomic E-state index is 11.0.